The third-order valence-electron chi connectivity index (χ3n) is 4.97. The van der Waals surface area contributed by atoms with Gasteiger partial charge in [-0.2, -0.15) is 0 Å². The van der Waals surface area contributed by atoms with E-state index in [0.29, 0.717) is 6.54 Å². The Morgan fingerprint density at radius 3 is 2.10 bits per heavy atom. The standard InChI is InChI=1S/C24H27N3O2/c1-18(2)22-15-24(29)27(17-26-22)16-23(28)25-14-13-21(19-9-5-3-6-10-19)20-11-7-4-8-12-20/h3-12,15,17-18,21H,13-14,16H2,1-2H3,(H,25,28). The lowest BCUT2D eigenvalue weighted by atomic mass is 9.88. The molecule has 0 aliphatic carbocycles. The summed E-state index contributed by atoms with van der Waals surface area (Å²) in [5, 5.41) is 2.94. The maximum Gasteiger partial charge on any atom is 0.254 e. The average Bonchev–Trinajstić information content (AvgIpc) is 2.74. The van der Waals surface area contributed by atoms with E-state index in [9.17, 15) is 9.59 Å². The number of amides is 1. The number of aromatic nitrogens is 2. The molecule has 0 spiro atoms. The molecule has 2 aromatic carbocycles. The average molecular weight is 389 g/mol. The lowest BCUT2D eigenvalue weighted by Gasteiger charge is -2.18. The maximum atomic E-state index is 12.3. The van der Waals surface area contributed by atoms with Gasteiger partial charge in [-0.3, -0.25) is 14.2 Å². The Morgan fingerprint density at radius 2 is 1.59 bits per heavy atom. The Morgan fingerprint density at radius 1 is 1.00 bits per heavy atom. The van der Waals surface area contributed by atoms with Gasteiger partial charge in [0, 0.05) is 18.5 Å². The number of nitrogens with one attached hydrogen (secondary N) is 1. The zero-order valence-electron chi connectivity index (χ0n) is 16.9. The lowest BCUT2D eigenvalue weighted by Crippen LogP contribution is -2.33. The molecule has 1 heterocycles. The van der Waals surface area contributed by atoms with Gasteiger partial charge in [0.25, 0.3) is 5.56 Å². The van der Waals surface area contributed by atoms with E-state index in [1.165, 1.54) is 28.1 Å². The Kier molecular flexibility index (Phi) is 6.95. The van der Waals surface area contributed by atoms with E-state index in [1.807, 2.05) is 50.2 Å². The molecule has 1 N–H and O–H groups in total. The molecule has 0 aliphatic rings. The van der Waals surface area contributed by atoms with E-state index < -0.39 is 0 Å². The van der Waals surface area contributed by atoms with Crippen LogP contribution < -0.4 is 10.9 Å². The summed E-state index contributed by atoms with van der Waals surface area (Å²) in [6.45, 7) is 4.47. The van der Waals surface area contributed by atoms with Crippen LogP contribution in [0.25, 0.3) is 0 Å². The molecule has 0 radical (unpaired) electrons. The predicted octanol–water partition coefficient (Wildman–Crippen LogP) is 3.71. The molecule has 0 aliphatic heterocycles. The van der Waals surface area contributed by atoms with Crippen LogP contribution in [0.1, 0.15) is 48.9 Å². The molecule has 0 fully saturated rings. The molecular weight excluding hydrogens is 362 g/mol. The summed E-state index contributed by atoms with van der Waals surface area (Å²) in [5.41, 5.74) is 2.97. The highest BCUT2D eigenvalue weighted by Gasteiger charge is 2.14. The summed E-state index contributed by atoms with van der Waals surface area (Å²) >= 11 is 0. The van der Waals surface area contributed by atoms with Gasteiger partial charge in [-0.25, -0.2) is 4.98 Å². The first-order chi connectivity index (χ1) is 14.0. The minimum atomic E-state index is -0.203. The number of benzene rings is 2. The number of rotatable bonds is 8. The van der Waals surface area contributed by atoms with Crippen LogP contribution in [-0.4, -0.2) is 22.0 Å². The van der Waals surface area contributed by atoms with Crippen molar-refractivity contribution in [1.29, 1.82) is 0 Å². The van der Waals surface area contributed by atoms with Gasteiger partial charge in [0.2, 0.25) is 5.91 Å². The molecular formula is C24H27N3O2. The molecule has 150 valence electrons. The Balaban J connectivity index is 1.61. The van der Waals surface area contributed by atoms with Gasteiger partial charge < -0.3 is 5.32 Å². The number of carbonyl (C=O) groups excluding carboxylic acids is 1. The van der Waals surface area contributed by atoms with Crippen LogP contribution in [0.4, 0.5) is 0 Å². The summed E-state index contributed by atoms with van der Waals surface area (Å²) in [5.74, 6) is 0.192. The van der Waals surface area contributed by atoms with Crippen molar-refractivity contribution in [3.8, 4) is 0 Å². The normalized spacial score (nSPS) is 11.0. The van der Waals surface area contributed by atoms with Gasteiger partial charge in [0.1, 0.15) is 6.54 Å². The largest absolute Gasteiger partial charge is 0.355 e. The highest BCUT2D eigenvalue weighted by molar-refractivity contribution is 5.75. The van der Waals surface area contributed by atoms with Gasteiger partial charge in [0.05, 0.1) is 12.0 Å². The van der Waals surface area contributed by atoms with Crippen molar-refractivity contribution >= 4 is 5.91 Å². The van der Waals surface area contributed by atoms with E-state index in [2.05, 4.69) is 34.6 Å². The van der Waals surface area contributed by atoms with Crippen LogP contribution in [-0.2, 0) is 11.3 Å². The highest BCUT2D eigenvalue weighted by atomic mass is 16.2. The van der Waals surface area contributed by atoms with Crippen molar-refractivity contribution < 1.29 is 4.79 Å². The molecule has 0 saturated carbocycles. The SMILES string of the molecule is CC(C)c1cc(=O)n(CC(=O)NCCC(c2ccccc2)c2ccccc2)cn1. The molecule has 3 rings (SSSR count). The Bertz CT molecular complexity index is 942. The number of hydrogen-bond donors (Lipinski definition) is 1. The zero-order valence-corrected chi connectivity index (χ0v) is 16.9. The van der Waals surface area contributed by atoms with Gasteiger partial charge in [0.15, 0.2) is 0 Å². The van der Waals surface area contributed by atoms with E-state index in [1.54, 1.807) is 0 Å². The van der Waals surface area contributed by atoms with Gasteiger partial charge in [-0.05, 0) is 23.5 Å². The molecule has 3 aromatic rings. The predicted molar refractivity (Wildman–Crippen MR) is 115 cm³/mol. The molecule has 0 saturated heterocycles. The molecule has 5 heteroatoms. The first-order valence-electron chi connectivity index (χ1n) is 9.97. The van der Waals surface area contributed by atoms with E-state index >= 15 is 0 Å². The summed E-state index contributed by atoms with van der Waals surface area (Å²) in [6.07, 6.45) is 2.23. The van der Waals surface area contributed by atoms with Gasteiger partial charge in [-0.1, -0.05) is 74.5 Å². The van der Waals surface area contributed by atoms with Crippen LogP contribution >= 0.6 is 0 Å². The molecule has 0 unspecified atom stereocenters. The molecule has 1 aromatic heterocycles. The smallest absolute Gasteiger partial charge is 0.254 e. The van der Waals surface area contributed by atoms with Crippen molar-refractivity contribution in [2.75, 3.05) is 6.54 Å². The second-order valence-corrected chi connectivity index (χ2v) is 7.45. The molecule has 5 nitrogen and oxygen atoms in total. The summed E-state index contributed by atoms with van der Waals surface area (Å²) < 4.78 is 1.34. The first-order valence-corrected chi connectivity index (χ1v) is 9.97. The fourth-order valence-corrected chi connectivity index (χ4v) is 3.34. The van der Waals surface area contributed by atoms with Crippen molar-refractivity contribution in [2.24, 2.45) is 0 Å². The van der Waals surface area contributed by atoms with Crippen molar-refractivity contribution in [3.05, 3.63) is 100 Å². The van der Waals surface area contributed by atoms with E-state index in [0.717, 1.165) is 12.1 Å². The Hall–Kier alpha value is -3.21. The number of carbonyl (C=O) groups is 1. The minimum absolute atomic E-state index is 0.0223. The molecule has 0 bridgehead atoms. The topological polar surface area (TPSA) is 64.0 Å². The van der Waals surface area contributed by atoms with Crippen molar-refractivity contribution in [2.45, 2.75) is 38.6 Å². The molecule has 1 amide bonds. The minimum Gasteiger partial charge on any atom is -0.355 e. The van der Waals surface area contributed by atoms with Gasteiger partial charge in [-0.15, -0.1) is 0 Å². The lowest BCUT2D eigenvalue weighted by molar-refractivity contribution is -0.121. The van der Waals surface area contributed by atoms with Crippen molar-refractivity contribution in [1.82, 2.24) is 14.9 Å². The van der Waals surface area contributed by atoms with Crippen molar-refractivity contribution in [3.63, 3.8) is 0 Å². The number of nitrogens with zero attached hydrogens (tertiary/aromatic N) is 2. The van der Waals surface area contributed by atoms with Crippen LogP contribution in [0, 0.1) is 0 Å². The van der Waals surface area contributed by atoms with Crippen LogP contribution in [0.2, 0.25) is 0 Å². The molecule has 0 atom stereocenters. The second kappa shape index (κ2) is 9.82. The maximum absolute atomic E-state index is 12.3. The van der Waals surface area contributed by atoms with Crippen LogP contribution in [0.5, 0.6) is 0 Å². The van der Waals surface area contributed by atoms with E-state index in [-0.39, 0.29) is 29.8 Å². The fourth-order valence-electron chi connectivity index (χ4n) is 3.34. The number of hydrogen-bond acceptors (Lipinski definition) is 3. The van der Waals surface area contributed by atoms with Gasteiger partial charge >= 0.3 is 0 Å². The monoisotopic (exact) mass is 389 g/mol. The van der Waals surface area contributed by atoms with Crippen LogP contribution in [0.15, 0.2) is 77.9 Å². The third-order valence-corrected chi connectivity index (χ3v) is 4.97. The van der Waals surface area contributed by atoms with E-state index in [4.69, 9.17) is 0 Å². The zero-order chi connectivity index (χ0) is 20.6. The summed E-state index contributed by atoms with van der Waals surface area (Å²) in [4.78, 5) is 28.8. The second-order valence-electron chi connectivity index (χ2n) is 7.45. The summed E-state index contributed by atoms with van der Waals surface area (Å²) in [7, 11) is 0. The van der Waals surface area contributed by atoms with Crippen LogP contribution in [0.3, 0.4) is 0 Å². The molecule has 29 heavy (non-hydrogen) atoms. The first kappa shape index (κ1) is 20.5. The highest BCUT2D eigenvalue weighted by Crippen LogP contribution is 2.27. The quantitative estimate of drug-likeness (QED) is 0.639. The fraction of sp³-hybridized carbons (Fsp3) is 0.292. The Labute approximate surface area is 171 Å². The third kappa shape index (κ3) is 5.64. The summed E-state index contributed by atoms with van der Waals surface area (Å²) in [6, 6.07) is 22.1.